The Morgan fingerprint density at radius 2 is 1.80 bits per heavy atom. The van der Waals surface area contributed by atoms with Crippen molar-refractivity contribution in [2.75, 3.05) is 7.11 Å². The van der Waals surface area contributed by atoms with E-state index in [1.54, 1.807) is 12.1 Å². The van der Waals surface area contributed by atoms with Crippen molar-refractivity contribution in [2.45, 2.75) is 6.04 Å². The highest BCUT2D eigenvalue weighted by Gasteiger charge is 2.21. The van der Waals surface area contributed by atoms with E-state index >= 15 is 0 Å². The fourth-order valence-electron chi connectivity index (χ4n) is 1.88. The Morgan fingerprint density at radius 3 is 2.35 bits per heavy atom. The smallest absolute Gasteiger partial charge is 0.134 e. The van der Waals surface area contributed by atoms with E-state index in [-0.39, 0.29) is 11.3 Å². The predicted octanol–water partition coefficient (Wildman–Crippen LogP) is 4.39. The van der Waals surface area contributed by atoms with Crippen molar-refractivity contribution >= 4 is 38.5 Å². The molecule has 20 heavy (non-hydrogen) atoms. The second kappa shape index (κ2) is 6.36. The van der Waals surface area contributed by atoms with Crippen molar-refractivity contribution in [3.05, 3.63) is 61.1 Å². The quantitative estimate of drug-likeness (QED) is 0.699. The average Bonchev–Trinajstić information content (AvgIpc) is 2.40. The molecule has 2 aromatic carbocycles. The molecule has 2 aromatic rings. The average molecular weight is 454 g/mol. The molecule has 2 rings (SSSR count). The molecular formula is C14H11BrF2INO. The Morgan fingerprint density at radius 1 is 1.20 bits per heavy atom. The summed E-state index contributed by atoms with van der Waals surface area (Å²) in [5.74, 6) is -1.32. The van der Waals surface area contributed by atoms with E-state index in [2.05, 4.69) is 38.5 Å². The minimum absolute atomic E-state index is 0.123. The van der Waals surface area contributed by atoms with Crippen LogP contribution in [-0.2, 0) is 0 Å². The first-order chi connectivity index (χ1) is 9.43. The Balaban J connectivity index is 2.53. The molecule has 0 fully saturated rings. The van der Waals surface area contributed by atoms with Gasteiger partial charge in [0.2, 0.25) is 0 Å². The zero-order chi connectivity index (χ0) is 14.9. The fourth-order valence-corrected chi connectivity index (χ4v) is 2.89. The maximum absolute atomic E-state index is 14.0. The minimum atomic E-state index is -0.898. The first kappa shape index (κ1) is 15.7. The van der Waals surface area contributed by atoms with Gasteiger partial charge in [-0.25, -0.2) is 8.78 Å². The van der Waals surface area contributed by atoms with Crippen molar-refractivity contribution in [3.8, 4) is 5.75 Å². The topological polar surface area (TPSA) is 35.2 Å². The first-order valence-corrected chi connectivity index (χ1v) is 7.54. The molecule has 1 unspecified atom stereocenters. The van der Waals surface area contributed by atoms with Crippen LogP contribution in [0.5, 0.6) is 5.75 Å². The van der Waals surface area contributed by atoms with E-state index in [1.807, 2.05) is 6.07 Å². The van der Waals surface area contributed by atoms with Gasteiger partial charge in [0, 0.05) is 25.7 Å². The number of rotatable bonds is 3. The van der Waals surface area contributed by atoms with Crippen LogP contribution in [0, 0.1) is 15.2 Å². The van der Waals surface area contributed by atoms with Gasteiger partial charge in [0.1, 0.15) is 17.4 Å². The predicted molar refractivity (Wildman–Crippen MR) is 85.8 cm³/mol. The zero-order valence-corrected chi connectivity index (χ0v) is 14.2. The van der Waals surface area contributed by atoms with Gasteiger partial charge >= 0.3 is 0 Å². The molecule has 0 spiro atoms. The van der Waals surface area contributed by atoms with Crippen molar-refractivity contribution < 1.29 is 13.5 Å². The second-order valence-electron chi connectivity index (χ2n) is 4.15. The summed E-state index contributed by atoms with van der Waals surface area (Å²) in [6.07, 6.45) is 0. The van der Waals surface area contributed by atoms with Gasteiger partial charge in [-0.05, 0) is 46.4 Å². The Hall–Kier alpha value is -0.730. The van der Waals surface area contributed by atoms with E-state index in [1.165, 1.54) is 7.11 Å². The summed E-state index contributed by atoms with van der Waals surface area (Å²) in [6, 6.07) is 6.82. The molecule has 0 saturated heterocycles. The van der Waals surface area contributed by atoms with Gasteiger partial charge in [-0.15, -0.1) is 0 Å². The molecule has 1 atom stereocenters. The van der Waals surface area contributed by atoms with Crippen LogP contribution in [0.3, 0.4) is 0 Å². The molecule has 0 bridgehead atoms. The van der Waals surface area contributed by atoms with Gasteiger partial charge in [-0.1, -0.05) is 15.9 Å². The van der Waals surface area contributed by atoms with Gasteiger partial charge in [0.15, 0.2) is 0 Å². The van der Waals surface area contributed by atoms with Crippen LogP contribution in [0.15, 0.2) is 34.8 Å². The van der Waals surface area contributed by atoms with Crippen molar-refractivity contribution in [1.82, 2.24) is 0 Å². The maximum Gasteiger partial charge on any atom is 0.134 e. The van der Waals surface area contributed by atoms with Crippen LogP contribution in [0.2, 0.25) is 0 Å². The van der Waals surface area contributed by atoms with Crippen molar-refractivity contribution in [1.29, 1.82) is 0 Å². The fraction of sp³-hybridized carbons (Fsp3) is 0.143. The van der Waals surface area contributed by atoms with E-state index in [9.17, 15) is 8.78 Å². The Labute approximate surface area is 137 Å². The SMILES string of the molecule is COc1cc(F)c(C(N)c2cc(I)ccc2Br)c(F)c1. The molecule has 6 heteroatoms. The third kappa shape index (κ3) is 3.12. The number of halogens is 4. The standard InChI is InChI=1S/C14H11BrF2INO/c1-20-8-5-11(16)13(12(17)6-8)14(19)9-4-7(18)2-3-10(9)15/h2-6,14H,19H2,1H3. The van der Waals surface area contributed by atoms with E-state index in [0.717, 1.165) is 15.7 Å². The van der Waals surface area contributed by atoms with Gasteiger partial charge in [0.25, 0.3) is 0 Å². The molecule has 2 nitrogen and oxygen atoms in total. The summed E-state index contributed by atoms with van der Waals surface area (Å²) < 4.78 is 34.6. The van der Waals surface area contributed by atoms with Crippen molar-refractivity contribution in [2.24, 2.45) is 5.73 Å². The number of methoxy groups -OCH3 is 1. The second-order valence-corrected chi connectivity index (χ2v) is 6.25. The highest BCUT2D eigenvalue weighted by Crippen LogP contribution is 2.32. The van der Waals surface area contributed by atoms with Crippen LogP contribution in [0.4, 0.5) is 8.78 Å². The first-order valence-electron chi connectivity index (χ1n) is 5.67. The molecule has 0 aliphatic carbocycles. The molecule has 0 amide bonds. The van der Waals surface area contributed by atoms with Gasteiger partial charge in [-0.3, -0.25) is 0 Å². The van der Waals surface area contributed by atoms with Crippen molar-refractivity contribution in [3.63, 3.8) is 0 Å². The lowest BCUT2D eigenvalue weighted by molar-refractivity contribution is 0.404. The third-order valence-electron chi connectivity index (χ3n) is 2.89. The number of hydrogen-bond acceptors (Lipinski definition) is 2. The van der Waals surface area contributed by atoms with Gasteiger partial charge < -0.3 is 10.5 Å². The molecule has 0 radical (unpaired) electrons. The number of nitrogens with two attached hydrogens (primary N) is 1. The van der Waals surface area contributed by atoms with Gasteiger partial charge in [0.05, 0.1) is 13.2 Å². The Bertz CT molecular complexity index is 628. The number of ether oxygens (including phenoxy) is 1. The number of benzene rings is 2. The van der Waals surface area contributed by atoms with Crippen LogP contribution in [0.25, 0.3) is 0 Å². The summed E-state index contributed by atoms with van der Waals surface area (Å²) >= 11 is 5.47. The monoisotopic (exact) mass is 453 g/mol. The molecule has 0 aliphatic rings. The lowest BCUT2D eigenvalue weighted by Crippen LogP contribution is -2.16. The highest BCUT2D eigenvalue weighted by atomic mass is 127. The molecule has 0 saturated carbocycles. The molecule has 0 aliphatic heterocycles. The van der Waals surface area contributed by atoms with Crippen LogP contribution >= 0.6 is 38.5 Å². The summed E-state index contributed by atoms with van der Waals surface area (Å²) in [5, 5.41) is 0. The largest absolute Gasteiger partial charge is 0.497 e. The number of hydrogen-bond donors (Lipinski definition) is 1. The minimum Gasteiger partial charge on any atom is -0.497 e. The normalized spacial score (nSPS) is 12.3. The summed E-state index contributed by atoms with van der Waals surface area (Å²) in [5.41, 5.74) is 6.48. The maximum atomic E-state index is 14.0. The molecule has 0 aromatic heterocycles. The van der Waals surface area contributed by atoms with E-state index in [4.69, 9.17) is 10.5 Å². The van der Waals surface area contributed by atoms with E-state index < -0.39 is 17.7 Å². The molecule has 106 valence electrons. The van der Waals surface area contributed by atoms with Crippen LogP contribution in [0.1, 0.15) is 17.2 Å². The Kier molecular flexibility index (Phi) is 4.98. The summed E-state index contributed by atoms with van der Waals surface area (Å²) in [4.78, 5) is 0. The van der Waals surface area contributed by atoms with Crippen LogP contribution < -0.4 is 10.5 Å². The van der Waals surface area contributed by atoms with Crippen LogP contribution in [-0.4, -0.2) is 7.11 Å². The highest BCUT2D eigenvalue weighted by molar-refractivity contribution is 14.1. The van der Waals surface area contributed by atoms with Gasteiger partial charge in [-0.2, -0.15) is 0 Å². The molecular weight excluding hydrogens is 443 g/mol. The molecule has 0 heterocycles. The zero-order valence-electron chi connectivity index (χ0n) is 10.5. The van der Waals surface area contributed by atoms with E-state index in [0.29, 0.717) is 10.0 Å². The summed E-state index contributed by atoms with van der Waals surface area (Å²) in [6.45, 7) is 0. The summed E-state index contributed by atoms with van der Waals surface area (Å²) in [7, 11) is 1.35. The molecule has 2 N–H and O–H groups in total. The lowest BCUT2D eigenvalue weighted by atomic mass is 9.98. The lowest BCUT2D eigenvalue weighted by Gasteiger charge is -2.17. The third-order valence-corrected chi connectivity index (χ3v) is 4.29.